The third-order valence-corrected chi connectivity index (χ3v) is 1.91. The van der Waals surface area contributed by atoms with E-state index in [1.807, 2.05) is 0 Å². The Morgan fingerprint density at radius 2 is 2.16 bits per heavy atom. The maximum atomic E-state index is 11.5. The number of nitrogens with one attached hydrogen (secondary N) is 1. The first-order valence-electron chi connectivity index (χ1n) is 5.52. The molecule has 0 aliphatic rings. The van der Waals surface area contributed by atoms with Gasteiger partial charge in [0.1, 0.15) is 17.9 Å². The van der Waals surface area contributed by atoms with Crippen LogP contribution in [0.25, 0.3) is 0 Å². The molecule has 0 radical (unpaired) electrons. The van der Waals surface area contributed by atoms with Crippen molar-refractivity contribution >= 4 is 12.1 Å². The van der Waals surface area contributed by atoms with E-state index in [0.717, 1.165) is 6.26 Å². The normalized spacial score (nSPS) is 12.8. The molecule has 1 atom stereocenters. The van der Waals surface area contributed by atoms with Gasteiger partial charge in [0.15, 0.2) is 5.69 Å². The lowest BCUT2D eigenvalue weighted by molar-refractivity contribution is 0.0470. The molecule has 0 aromatic carbocycles. The zero-order chi connectivity index (χ0) is 14.6. The number of carbonyl (C=O) groups is 2. The molecule has 1 unspecified atom stereocenters. The molecule has 1 heterocycles. The predicted octanol–water partition coefficient (Wildman–Crippen LogP) is 0.931. The van der Waals surface area contributed by atoms with Crippen molar-refractivity contribution in [3.8, 4) is 0 Å². The fourth-order valence-electron chi connectivity index (χ4n) is 1.18. The molecule has 8 heteroatoms. The minimum absolute atomic E-state index is 0.106. The number of carbonyl (C=O) groups excluding carboxylic acids is 1. The molecule has 1 aromatic heterocycles. The number of aliphatic hydroxyl groups is 1. The highest BCUT2D eigenvalue weighted by atomic mass is 16.6. The van der Waals surface area contributed by atoms with Crippen LogP contribution >= 0.6 is 0 Å². The van der Waals surface area contributed by atoms with Crippen molar-refractivity contribution in [2.24, 2.45) is 0 Å². The number of carboxylic acids is 1. The van der Waals surface area contributed by atoms with Gasteiger partial charge < -0.3 is 24.7 Å². The van der Waals surface area contributed by atoms with Crippen molar-refractivity contribution in [1.29, 1.82) is 0 Å². The lowest BCUT2D eigenvalue weighted by Crippen LogP contribution is -2.36. The summed E-state index contributed by atoms with van der Waals surface area (Å²) in [6, 6.07) is -0.969. The fraction of sp³-hybridized carbons (Fsp3) is 0.545. The first-order chi connectivity index (χ1) is 8.73. The van der Waals surface area contributed by atoms with E-state index in [1.165, 1.54) is 0 Å². The molecular formula is C11H16N2O6. The Hall–Kier alpha value is -2.09. The van der Waals surface area contributed by atoms with Gasteiger partial charge in [-0.15, -0.1) is 0 Å². The van der Waals surface area contributed by atoms with Gasteiger partial charge in [-0.3, -0.25) is 0 Å². The van der Waals surface area contributed by atoms with Crippen LogP contribution in [0.5, 0.6) is 0 Å². The van der Waals surface area contributed by atoms with Crippen LogP contribution in [-0.2, 0) is 4.74 Å². The molecule has 106 valence electrons. The average molecular weight is 272 g/mol. The van der Waals surface area contributed by atoms with E-state index in [4.69, 9.17) is 19.4 Å². The van der Waals surface area contributed by atoms with Crippen molar-refractivity contribution in [2.45, 2.75) is 32.4 Å². The van der Waals surface area contributed by atoms with Crippen molar-refractivity contribution in [2.75, 3.05) is 6.61 Å². The summed E-state index contributed by atoms with van der Waals surface area (Å²) in [5.41, 5.74) is -0.994. The quantitative estimate of drug-likeness (QED) is 0.745. The van der Waals surface area contributed by atoms with Gasteiger partial charge in [-0.25, -0.2) is 14.6 Å². The maximum Gasteiger partial charge on any atom is 0.408 e. The van der Waals surface area contributed by atoms with Crippen LogP contribution in [0.15, 0.2) is 10.7 Å². The number of aromatic carboxylic acids is 1. The number of hydrogen-bond acceptors (Lipinski definition) is 6. The van der Waals surface area contributed by atoms with Crippen molar-refractivity contribution in [3.63, 3.8) is 0 Å². The highest BCUT2D eigenvalue weighted by Crippen LogP contribution is 2.14. The Bertz CT molecular complexity index is 462. The van der Waals surface area contributed by atoms with E-state index < -0.39 is 30.3 Å². The van der Waals surface area contributed by atoms with Gasteiger partial charge in [-0.1, -0.05) is 0 Å². The van der Waals surface area contributed by atoms with E-state index in [2.05, 4.69) is 10.3 Å². The number of hydrogen-bond donors (Lipinski definition) is 3. The molecule has 0 aliphatic heterocycles. The third kappa shape index (κ3) is 4.59. The summed E-state index contributed by atoms with van der Waals surface area (Å²) in [6.07, 6.45) is 0.165. The van der Waals surface area contributed by atoms with Crippen molar-refractivity contribution < 1.29 is 29.0 Å². The number of ether oxygens (including phenoxy) is 1. The number of amides is 1. The standard InChI is InChI=1S/C11H16N2O6/c1-11(2,3)19-10(17)13-6(4-14)8-12-7(5-18-8)9(15)16/h5-6,14H,4H2,1-3H3,(H,13,17)(H,15,16). The summed E-state index contributed by atoms with van der Waals surface area (Å²) in [7, 11) is 0. The van der Waals surface area contributed by atoms with Gasteiger partial charge in [0, 0.05) is 0 Å². The number of rotatable bonds is 4. The molecule has 1 rings (SSSR count). The van der Waals surface area contributed by atoms with Crippen LogP contribution in [0, 0.1) is 0 Å². The van der Waals surface area contributed by atoms with Gasteiger partial charge in [0.05, 0.1) is 6.61 Å². The largest absolute Gasteiger partial charge is 0.476 e. The monoisotopic (exact) mass is 272 g/mol. The van der Waals surface area contributed by atoms with Gasteiger partial charge in [0.2, 0.25) is 5.89 Å². The zero-order valence-electron chi connectivity index (χ0n) is 10.8. The molecule has 19 heavy (non-hydrogen) atoms. The number of alkyl carbamates (subject to hydrolysis) is 1. The Kier molecular flexibility index (Phi) is 4.49. The summed E-state index contributed by atoms with van der Waals surface area (Å²) in [6.45, 7) is 4.56. The topological polar surface area (TPSA) is 122 Å². The second-order valence-corrected chi connectivity index (χ2v) is 4.76. The van der Waals surface area contributed by atoms with E-state index in [0.29, 0.717) is 0 Å². The summed E-state index contributed by atoms with van der Waals surface area (Å²) < 4.78 is 9.89. The number of carboxylic acid groups (broad SMARTS) is 1. The molecule has 0 aliphatic carbocycles. The zero-order valence-corrected chi connectivity index (χ0v) is 10.8. The van der Waals surface area contributed by atoms with E-state index in [-0.39, 0.29) is 11.6 Å². The SMILES string of the molecule is CC(C)(C)OC(=O)NC(CO)c1nc(C(=O)O)co1. The van der Waals surface area contributed by atoms with Gasteiger partial charge in [-0.05, 0) is 20.8 Å². The number of oxazole rings is 1. The second kappa shape index (κ2) is 5.70. The first kappa shape index (κ1) is 15.0. The third-order valence-electron chi connectivity index (χ3n) is 1.91. The van der Waals surface area contributed by atoms with Crippen LogP contribution in [0.1, 0.15) is 43.2 Å². The summed E-state index contributed by atoms with van der Waals surface area (Å²) in [5, 5.41) is 20.2. The first-order valence-corrected chi connectivity index (χ1v) is 5.52. The second-order valence-electron chi connectivity index (χ2n) is 4.76. The maximum absolute atomic E-state index is 11.5. The number of aliphatic hydroxyl groups excluding tert-OH is 1. The molecule has 0 spiro atoms. The van der Waals surface area contributed by atoms with Crippen molar-refractivity contribution in [1.82, 2.24) is 10.3 Å². The number of nitrogens with zero attached hydrogens (tertiary/aromatic N) is 1. The Labute approximate surface area is 109 Å². The van der Waals surface area contributed by atoms with Gasteiger partial charge >= 0.3 is 12.1 Å². The molecule has 1 amide bonds. The smallest absolute Gasteiger partial charge is 0.408 e. The van der Waals surface area contributed by atoms with Gasteiger partial charge in [0.25, 0.3) is 0 Å². The highest BCUT2D eigenvalue weighted by molar-refractivity contribution is 5.84. The number of aromatic nitrogens is 1. The Morgan fingerprint density at radius 1 is 1.53 bits per heavy atom. The molecule has 1 aromatic rings. The molecule has 0 saturated carbocycles. The van der Waals surface area contributed by atoms with Crippen LogP contribution < -0.4 is 5.32 Å². The summed E-state index contributed by atoms with van der Waals surface area (Å²) >= 11 is 0. The summed E-state index contributed by atoms with van der Waals surface area (Å²) in [4.78, 5) is 25.8. The lowest BCUT2D eigenvalue weighted by Gasteiger charge is -2.21. The van der Waals surface area contributed by atoms with Crippen LogP contribution in [-0.4, -0.2) is 39.5 Å². The van der Waals surface area contributed by atoms with Crippen molar-refractivity contribution in [3.05, 3.63) is 17.8 Å². The Morgan fingerprint density at radius 3 is 2.58 bits per heavy atom. The van der Waals surface area contributed by atoms with Gasteiger partial charge in [-0.2, -0.15) is 0 Å². The molecule has 3 N–H and O–H groups in total. The average Bonchev–Trinajstić information content (AvgIpc) is 2.72. The Balaban J connectivity index is 2.72. The molecule has 0 saturated heterocycles. The molecule has 0 fully saturated rings. The predicted molar refractivity (Wildman–Crippen MR) is 62.7 cm³/mol. The fourth-order valence-corrected chi connectivity index (χ4v) is 1.18. The highest BCUT2D eigenvalue weighted by Gasteiger charge is 2.24. The van der Waals surface area contributed by atoms with E-state index in [9.17, 15) is 9.59 Å². The summed E-state index contributed by atoms with van der Waals surface area (Å²) in [5.74, 6) is -1.37. The van der Waals surface area contributed by atoms with Crippen LogP contribution in [0.2, 0.25) is 0 Å². The van der Waals surface area contributed by atoms with Crippen LogP contribution in [0.3, 0.4) is 0 Å². The molecular weight excluding hydrogens is 256 g/mol. The minimum atomic E-state index is -1.26. The van der Waals surface area contributed by atoms with Crippen LogP contribution in [0.4, 0.5) is 4.79 Å². The lowest BCUT2D eigenvalue weighted by atomic mass is 10.2. The molecule has 0 bridgehead atoms. The van der Waals surface area contributed by atoms with E-state index >= 15 is 0 Å². The molecule has 8 nitrogen and oxygen atoms in total. The minimum Gasteiger partial charge on any atom is -0.476 e. The van der Waals surface area contributed by atoms with E-state index in [1.54, 1.807) is 20.8 Å².